The smallest absolute Gasteiger partial charge is 0.293 e. The average molecular weight is 390 g/mol. The van der Waals surface area contributed by atoms with E-state index in [0.29, 0.717) is 49.1 Å². The summed E-state index contributed by atoms with van der Waals surface area (Å²) in [5.74, 6) is -0.217. The monoisotopic (exact) mass is 389 g/mol. The fourth-order valence-corrected chi connectivity index (χ4v) is 3.28. The van der Waals surface area contributed by atoms with Gasteiger partial charge in [-0.2, -0.15) is 0 Å². The molecule has 0 aromatic heterocycles. The van der Waals surface area contributed by atoms with Crippen molar-refractivity contribution in [3.63, 3.8) is 0 Å². The molecule has 0 N–H and O–H groups in total. The molecule has 0 bridgehead atoms. The molecule has 7 nitrogen and oxygen atoms in total. The Morgan fingerprint density at radius 3 is 2.67 bits per heavy atom. The van der Waals surface area contributed by atoms with Crippen LogP contribution in [0.1, 0.15) is 15.9 Å². The number of hydrogen-bond acceptors (Lipinski definition) is 5. The predicted molar refractivity (Wildman–Crippen MR) is 103 cm³/mol. The minimum Gasteiger partial charge on any atom is -0.378 e. The standard InChI is InChI=1S/C19H20ClN3O4/c1-21(13-14-3-2-4-16(20)11-14)17-6-5-15(12-18(17)23(25)26)19(24)22-7-9-27-10-8-22/h2-6,11-12H,7-10,13H2,1H3. The molecule has 1 aliphatic heterocycles. The molecule has 1 heterocycles. The molecular formula is C19H20ClN3O4. The summed E-state index contributed by atoms with van der Waals surface area (Å²) in [7, 11) is 1.77. The summed E-state index contributed by atoms with van der Waals surface area (Å²) in [5.41, 5.74) is 1.59. The van der Waals surface area contributed by atoms with Gasteiger partial charge in [-0.15, -0.1) is 0 Å². The lowest BCUT2D eigenvalue weighted by molar-refractivity contribution is -0.384. The molecule has 2 aromatic carbocycles. The number of anilines is 1. The first kappa shape index (κ1) is 19.1. The third-order valence-electron chi connectivity index (χ3n) is 4.44. The Bertz CT molecular complexity index is 853. The number of amides is 1. The predicted octanol–water partition coefficient (Wildman–Crippen LogP) is 3.36. The summed E-state index contributed by atoms with van der Waals surface area (Å²) in [6.07, 6.45) is 0. The molecule has 1 aliphatic rings. The summed E-state index contributed by atoms with van der Waals surface area (Å²) < 4.78 is 5.25. The van der Waals surface area contributed by atoms with Gasteiger partial charge in [0, 0.05) is 43.3 Å². The van der Waals surface area contributed by atoms with Crippen LogP contribution in [0.3, 0.4) is 0 Å². The first-order chi connectivity index (χ1) is 13.0. The highest BCUT2D eigenvalue weighted by molar-refractivity contribution is 6.30. The lowest BCUT2D eigenvalue weighted by atomic mass is 10.1. The summed E-state index contributed by atoms with van der Waals surface area (Å²) >= 11 is 6.01. The Kier molecular flexibility index (Phi) is 5.93. The van der Waals surface area contributed by atoms with Crippen molar-refractivity contribution in [1.29, 1.82) is 0 Å². The van der Waals surface area contributed by atoms with Crippen LogP contribution in [0, 0.1) is 10.1 Å². The van der Waals surface area contributed by atoms with Crippen LogP contribution in [0.4, 0.5) is 11.4 Å². The SMILES string of the molecule is CN(Cc1cccc(Cl)c1)c1ccc(C(=O)N2CCOCC2)cc1[N+](=O)[O-]. The van der Waals surface area contributed by atoms with Gasteiger partial charge in [0.05, 0.1) is 18.1 Å². The maximum Gasteiger partial charge on any atom is 0.293 e. The van der Waals surface area contributed by atoms with Crippen LogP contribution < -0.4 is 4.90 Å². The highest BCUT2D eigenvalue weighted by Crippen LogP contribution is 2.30. The maximum atomic E-state index is 12.6. The lowest BCUT2D eigenvalue weighted by Gasteiger charge is -2.27. The van der Waals surface area contributed by atoms with Crippen LogP contribution in [0.15, 0.2) is 42.5 Å². The van der Waals surface area contributed by atoms with Crippen molar-refractivity contribution in [3.05, 3.63) is 68.7 Å². The molecule has 1 amide bonds. The number of nitro groups is 1. The van der Waals surface area contributed by atoms with Gasteiger partial charge in [0.15, 0.2) is 0 Å². The zero-order valence-electron chi connectivity index (χ0n) is 14.9. The van der Waals surface area contributed by atoms with Gasteiger partial charge in [-0.25, -0.2) is 0 Å². The van der Waals surface area contributed by atoms with Crippen molar-refractivity contribution in [1.82, 2.24) is 4.90 Å². The molecule has 27 heavy (non-hydrogen) atoms. The largest absolute Gasteiger partial charge is 0.378 e. The molecular weight excluding hydrogens is 370 g/mol. The Morgan fingerprint density at radius 1 is 1.26 bits per heavy atom. The number of nitro benzene ring substituents is 1. The molecule has 0 radical (unpaired) electrons. The van der Waals surface area contributed by atoms with E-state index >= 15 is 0 Å². The minimum absolute atomic E-state index is 0.0985. The van der Waals surface area contributed by atoms with E-state index in [1.54, 1.807) is 35.0 Å². The third kappa shape index (κ3) is 4.56. The van der Waals surface area contributed by atoms with E-state index in [0.717, 1.165) is 5.56 Å². The van der Waals surface area contributed by atoms with Gasteiger partial charge < -0.3 is 14.5 Å². The summed E-state index contributed by atoms with van der Waals surface area (Å²) in [6.45, 7) is 2.40. The van der Waals surface area contributed by atoms with Gasteiger partial charge in [-0.05, 0) is 29.8 Å². The minimum atomic E-state index is -0.458. The van der Waals surface area contributed by atoms with E-state index < -0.39 is 4.92 Å². The Labute approximate surface area is 162 Å². The fraction of sp³-hybridized carbons (Fsp3) is 0.316. The van der Waals surface area contributed by atoms with Gasteiger partial charge >= 0.3 is 0 Å². The van der Waals surface area contributed by atoms with E-state index in [4.69, 9.17) is 16.3 Å². The van der Waals surface area contributed by atoms with E-state index in [1.165, 1.54) is 6.07 Å². The first-order valence-corrected chi connectivity index (χ1v) is 8.94. The number of ether oxygens (including phenoxy) is 1. The summed E-state index contributed by atoms with van der Waals surface area (Å²) in [4.78, 5) is 27.2. The number of rotatable bonds is 5. The number of halogens is 1. The zero-order chi connectivity index (χ0) is 19.4. The van der Waals surface area contributed by atoms with Gasteiger partial charge in [-0.3, -0.25) is 14.9 Å². The molecule has 2 aromatic rings. The van der Waals surface area contributed by atoms with Crippen LogP contribution in [-0.2, 0) is 11.3 Å². The van der Waals surface area contributed by atoms with Crippen LogP contribution in [0.5, 0.6) is 0 Å². The second kappa shape index (κ2) is 8.37. The Morgan fingerprint density at radius 2 is 2.00 bits per heavy atom. The van der Waals surface area contributed by atoms with Crippen molar-refractivity contribution >= 4 is 28.9 Å². The number of benzene rings is 2. The van der Waals surface area contributed by atoms with Crippen LogP contribution in [0.2, 0.25) is 5.02 Å². The quantitative estimate of drug-likeness (QED) is 0.579. The zero-order valence-corrected chi connectivity index (χ0v) is 15.7. The fourth-order valence-electron chi connectivity index (χ4n) is 3.07. The number of nitrogens with zero attached hydrogens (tertiary/aromatic N) is 3. The van der Waals surface area contributed by atoms with Crippen molar-refractivity contribution in [3.8, 4) is 0 Å². The third-order valence-corrected chi connectivity index (χ3v) is 4.67. The molecule has 8 heteroatoms. The van der Waals surface area contributed by atoms with E-state index in [1.807, 2.05) is 18.2 Å². The second-order valence-corrected chi connectivity index (χ2v) is 6.79. The van der Waals surface area contributed by atoms with E-state index in [2.05, 4.69) is 0 Å². The average Bonchev–Trinajstić information content (AvgIpc) is 2.67. The Balaban J connectivity index is 1.85. The first-order valence-electron chi connectivity index (χ1n) is 8.57. The van der Waals surface area contributed by atoms with Gasteiger partial charge in [0.1, 0.15) is 5.69 Å². The number of morpholine rings is 1. The summed E-state index contributed by atoms with van der Waals surface area (Å²) in [5, 5.41) is 12.2. The second-order valence-electron chi connectivity index (χ2n) is 6.35. The molecule has 0 saturated carbocycles. The van der Waals surface area contributed by atoms with E-state index in [9.17, 15) is 14.9 Å². The number of hydrogen-bond donors (Lipinski definition) is 0. The molecule has 0 unspecified atom stereocenters. The van der Waals surface area contributed by atoms with Crippen molar-refractivity contribution in [2.24, 2.45) is 0 Å². The van der Waals surface area contributed by atoms with Crippen LogP contribution >= 0.6 is 11.6 Å². The molecule has 1 saturated heterocycles. The van der Waals surface area contributed by atoms with Gasteiger partial charge in [0.25, 0.3) is 11.6 Å². The van der Waals surface area contributed by atoms with Gasteiger partial charge in [0.2, 0.25) is 0 Å². The van der Waals surface area contributed by atoms with E-state index in [-0.39, 0.29) is 11.6 Å². The van der Waals surface area contributed by atoms with Crippen LogP contribution in [0.25, 0.3) is 0 Å². The Hall–Kier alpha value is -2.64. The maximum absolute atomic E-state index is 12.6. The van der Waals surface area contributed by atoms with Crippen molar-refractivity contribution in [2.75, 3.05) is 38.3 Å². The highest BCUT2D eigenvalue weighted by Gasteiger charge is 2.24. The lowest BCUT2D eigenvalue weighted by Crippen LogP contribution is -2.40. The topological polar surface area (TPSA) is 75.9 Å². The molecule has 3 rings (SSSR count). The molecule has 1 fully saturated rings. The van der Waals surface area contributed by atoms with Gasteiger partial charge in [-0.1, -0.05) is 23.7 Å². The molecule has 0 spiro atoms. The van der Waals surface area contributed by atoms with Crippen molar-refractivity contribution in [2.45, 2.75) is 6.54 Å². The number of carbonyl (C=O) groups is 1. The highest BCUT2D eigenvalue weighted by atomic mass is 35.5. The molecule has 0 aliphatic carbocycles. The van der Waals surface area contributed by atoms with Crippen molar-refractivity contribution < 1.29 is 14.5 Å². The molecule has 142 valence electrons. The van der Waals surface area contributed by atoms with Crippen LogP contribution in [-0.4, -0.2) is 49.1 Å². The molecule has 0 atom stereocenters. The number of carbonyl (C=O) groups excluding carboxylic acids is 1. The normalized spacial score (nSPS) is 14.1. The summed E-state index contributed by atoms with van der Waals surface area (Å²) in [6, 6.07) is 11.9.